The summed E-state index contributed by atoms with van der Waals surface area (Å²) < 4.78 is 6.66. The smallest absolute Gasteiger partial charge is 0.223 e. The fraction of sp³-hybridized carbons (Fsp3) is 0.462. The van der Waals surface area contributed by atoms with Gasteiger partial charge in [-0.15, -0.1) is 0 Å². The normalized spacial score (nSPS) is 12.2. The predicted octanol–water partition coefficient (Wildman–Crippen LogP) is 2.06. The van der Waals surface area contributed by atoms with E-state index in [1.807, 2.05) is 25.1 Å². The summed E-state index contributed by atoms with van der Waals surface area (Å²) in [5.41, 5.74) is 6.26. The maximum atomic E-state index is 11.0. The van der Waals surface area contributed by atoms with Gasteiger partial charge in [-0.25, -0.2) is 0 Å². The van der Waals surface area contributed by atoms with Crippen molar-refractivity contribution >= 4 is 21.8 Å². The molecule has 3 N–H and O–H groups in total. The fourth-order valence-electron chi connectivity index (χ4n) is 1.38. The van der Waals surface area contributed by atoms with E-state index in [4.69, 9.17) is 10.5 Å². The summed E-state index contributed by atoms with van der Waals surface area (Å²) in [4.78, 5) is 11.0. The van der Waals surface area contributed by atoms with E-state index >= 15 is 0 Å². The summed E-state index contributed by atoms with van der Waals surface area (Å²) in [7, 11) is 0. The summed E-state index contributed by atoms with van der Waals surface area (Å²) in [6, 6.07) is 5.82. The highest BCUT2D eigenvalue weighted by molar-refractivity contribution is 9.10. The lowest BCUT2D eigenvalue weighted by Crippen LogP contribution is -2.26. The number of nitrogens with one attached hydrogen (secondary N) is 1. The van der Waals surface area contributed by atoms with E-state index in [1.54, 1.807) is 6.92 Å². The van der Waals surface area contributed by atoms with Crippen LogP contribution in [0.5, 0.6) is 5.75 Å². The molecule has 1 unspecified atom stereocenters. The van der Waals surface area contributed by atoms with Crippen LogP contribution >= 0.6 is 15.9 Å². The summed E-state index contributed by atoms with van der Waals surface area (Å²) in [5.74, 6) is 0.147. The minimum absolute atomic E-state index is 0.291. The molecule has 1 aromatic rings. The fourth-order valence-corrected chi connectivity index (χ4v) is 1.79. The molecule has 0 aliphatic carbocycles. The van der Waals surface area contributed by atoms with E-state index in [9.17, 15) is 4.79 Å². The van der Waals surface area contributed by atoms with Gasteiger partial charge in [0.05, 0.1) is 12.5 Å². The summed E-state index contributed by atoms with van der Waals surface area (Å²) in [6.07, 6.45) is 0. The van der Waals surface area contributed by atoms with Crippen molar-refractivity contribution in [2.24, 2.45) is 11.7 Å². The molecule has 0 radical (unpaired) electrons. The topological polar surface area (TPSA) is 64.3 Å². The summed E-state index contributed by atoms with van der Waals surface area (Å²) in [6.45, 7) is 5.73. The first-order chi connectivity index (χ1) is 8.54. The van der Waals surface area contributed by atoms with E-state index in [1.165, 1.54) is 0 Å². The lowest BCUT2D eigenvalue weighted by molar-refractivity contribution is -0.122. The highest BCUT2D eigenvalue weighted by atomic mass is 79.9. The number of benzene rings is 1. The second kappa shape index (κ2) is 7.38. The molecule has 0 aliphatic heterocycles. The Bertz CT molecular complexity index is 410. The van der Waals surface area contributed by atoms with Gasteiger partial charge in [0, 0.05) is 16.6 Å². The Kier molecular flexibility index (Phi) is 6.15. The molecule has 1 rings (SSSR count). The third-order valence-corrected chi connectivity index (χ3v) is 3.06. The highest BCUT2D eigenvalue weighted by Gasteiger charge is 2.11. The molecule has 0 bridgehead atoms. The van der Waals surface area contributed by atoms with Gasteiger partial charge in [0.2, 0.25) is 5.91 Å². The van der Waals surface area contributed by atoms with Crippen molar-refractivity contribution in [3.8, 4) is 5.75 Å². The molecule has 1 amide bonds. The van der Waals surface area contributed by atoms with E-state index in [-0.39, 0.29) is 11.8 Å². The van der Waals surface area contributed by atoms with Crippen LogP contribution in [0, 0.1) is 5.92 Å². The Morgan fingerprint density at radius 1 is 1.56 bits per heavy atom. The van der Waals surface area contributed by atoms with Crippen LogP contribution in [-0.4, -0.2) is 19.1 Å². The molecule has 0 saturated heterocycles. The Balaban J connectivity index is 2.71. The Hall–Kier alpha value is -1.07. The number of rotatable bonds is 7. The molecule has 5 heteroatoms. The standard InChI is InChI=1S/C13H19BrN2O2/c1-3-16-7-10-6-11(14)4-5-12(10)18-8-9(2)13(15)17/h4-6,9,16H,3,7-8H2,1-2H3,(H2,15,17). The third kappa shape index (κ3) is 4.66. The SMILES string of the molecule is CCNCc1cc(Br)ccc1OCC(C)C(N)=O. The molecule has 0 fully saturated rings. The van der Waals surface area contributed by atoms with Crippen LogP contribution in [0.15, 0.2) is 22.7 Å². The average molecular weight is 315 g/mol. The Labute approximate surface area is 116 Å². The molecular weight excluding hydrogens is 296 g/mol. The van der Waals surface area contributed by atoms with Crippen molar-refractivity contribution in [2.45, 2.75) is 20.4 Å². The molecule has 0 saturated carbocycles. The van der Waals surface area contributed by atoms with Gasteiger partial charge in [0.25, 0.3) is 0 Å². The molecule has 0 aliphatic rings. The van der Waals surface area contributed by atoms with Gasteiger partial charge in [-0.3, -0.25) is 4.79 Å². The number of nitrogens with two attached hydrogens (primary N) is 1. The minimum Gasteiger partial charge on any atom is -0.492 e. The number of amides is 1. The van der Waals surface area contributed by atoms with Crippen molar-refractivity contribution in [3.63, 3.8) is 0 Å². The zero-order valence-electron chi connectivity index (χ0n) is 10.7. The van der Waals surface area contributed by atoms with E-state index < -0.39 is 0 Å². The Morgan fingerprint density at radius 2 is 2.28 bits per heavy atom. The number of carbonyl (C=O) groups is 1. The number of halogens is 1. The number of carbonyl (C=O) groups excluding carboxylic acids is 1. The molecule has 1 aromatic carbocycles. The van der Waals surface area contributed by atoms with Gasteiger partial charge in [0.15, 0.2) is 0 Å². The lowest BCUT2D eigenvalue weighted by Gasteiger charge is -2.14. The average Bonchev–Trinajstić information content (AvgIpc) is 2.34. The maximum absolute atomic E-state index is 11.0. The summed E-state index contributed by atoms with van der Waals surface area (Å²) in [5, 5.41) is 3.25. The zero-order valence-corrected chi connectivity index (χ0v) is 12.3. The molecule has 0 aromatic heterocycles. The van der Waals surface area contributed by atoms with Crippen LogP contribution in [0.1, 0.15) is 19.4 Å². The predicted molar refractivity (Wildman–Crippen MR) is 75.4 cm³/mol. The highest BCUT2D eigenvalue weighted by Crippen LogP contribution is 2.23. The third-order valence-electron chi connectivity index (χ3n) is 2.56. The molecule has 0 spiro atoms. The van der Waals surface area contributed by atoms with E-state index in [0.717, 1.165) is 28.9 Å². The number of ether oxygens (including phenoxy) is 1. The molecule has 4 nitrogen and oxygen atoms in total. The quantitative estimate of drug-likeness (QED) is 0.809. The summed E-state index contributed by atoms with van der Waals surface area (Å²) >= 11 is 3.43. The zero-order chi connectivity index (χ0) is 13.5. The minimum atomic E-state index is -0.347. The maximum Gasteiger partial charge on any atom is 0.223 e. The monoisotopic (exact) mass is 314 g/mol. The number of primary amides is 1. The first kappa shape index (κ1) is 15.0. The first-order valence-electron chi connectivity index (χ1n) is 5.95. The second-order valence-corrected chi connectivity index (χ2v) is 5.06. The van der Waals surface area contributed by atoms with Crippen molar-refractivity contribution in [1.29, 1.82) is 0 Å². The largest absolute Gasteiger partial charge is 0.492 e. The lowest BCUT2D eigenvalue weighted by atomic mass is 10.1. The Morgan fingerprint density at radius 3 is 2.89 bits per heavy atom. The van der Waals surface area contributed by atoms with Gasteiger partial charge in [-0.1, -0.05) is 29.8 Å². The van der Waals surface area contributed by atoms with Crippen LogP contribution < -0.4 is 15.8 Å². The number of hydrogen-bond acceptors (Lipinski definition) is 3. The molecular formula is C13H19BrN2O2. The molecule has 1 atom stereocenters. The molecule has 0 heterocycles. The van der Waals surface area contributed by atoms with Crippen molar-refractivity contribution < 1.29 is 9.53 Å². The van der Waals surface area contributed by atoms with Crippen LogP contribution in [0.4, 0.5) is 0 Å². The molecule has 100 valence electrons. The van der Waals surface area contributed by atoms with Gasteiger partial charge in [-0.2, -0.15) is 0 Å². The van der Waals surface area contributed by atoms with Gasteiger partial charge < -0.3 is 15.8 Å². The molecule has 18 heavy (non-hydrogen) atoms. The van der Waals surface area contributed by atoms with Gasteiger partial charge in [0.1, 0.15) is 5.75 Å². The van der Waals surface area contributed by atoms with Crippen LogP contribution in [-0.2, 0) is 11.3 Å². The van der Waals surface area contributed by atoms with Crippen molar-refractivity contribution in [1.82, 2.24) is 5.32 Å². The van der Waals surface area contributed by atoms with Crippen LogP contribution in [0.3, 0.4) is 0 Å². The van der Waals surface area contributed by atoms with E-state index in [2.05, 4.69) is 21.2 Å². The van der Waals surface area contributed by atoms with Crippen molar-refractivity contribution in [3.05, 3.63) is 28.2 Å². The van der Waals surface area contributed by atoms with Gasteiger partial charge in [-0.05, 0) is 24.7 Å². The second-order valence-electron chi connectivity index (χ2n) is 4.15. The van der Waals surface area contributed by atoms with Crippen LogP contribution in [0.2, 0.25) is 0 Å². The number of hydrogen-bond donors (Lipinski definition) is 2. The van der Waals surface area contributed by atoms with E-state index in [0.29, 0.717) is 6.61 Å². The van der Waals surface area contributed by atoms with Gasteiger partial charge >= 0.3 is 0 Å². The van der Waals surface area contributed by atoms with Crippen molar-refractivity contribution in [2.75, 3.05) is 13.2 Å². The van der Waals surface area contributed by atoms with Crippen LogP contribution in [0.25, 0.3) is 0 Å². The first-order valence-corrected chi connectivity index (χ1v) is 6.75.